The van der Waals surface area contributed by atoms with E-state index in [1.165, 1.54) is 32.1 Å². The summed E-state index contributed by atoms with van der Waals surface area (Å²) < 4.78 is 7.60. The maximum Gasteiger partial charge on any atom is 0.130 e. The second kappa shape index (κ2) is 12.5. The lowest BCUT2D eigenvalue weighted by Gasteiger charge is -2.07. The van der Waals surface area contributed by atoms with Crippen LogP contribution >= 0.6 is 11.6 Å². The topological polar surface area (TPSA) is 74.6 Å². The zero-order valence-corrected chi connectivity index (χ0v) is 19.6. The molecule has 0 fully saturated rings. The number of rotatable bonds is 11. The molecule has 0 amide bonds. The highest BCUT2D eigenvalue weighted by atomic mass is 35.5. The molecule has 1 heterocycles. The molecular weight excluding hydrogens is 432 g/mol. The lowest BCUT2D eigenvalue weighted by molar-refractivity contribution is 0.304. The third-order valence-corrected chi connectivity index (χ3v) is 5.52. The van der Waals surface area contributed by atoms with Gasteiger partial charge in [-0.3, -0.25) is 0 Å². The number of halogens is 1. The molecule has 3 rings (SSSR count). The number of hydrogen-bond donors (Lipinski definition) is 0. The fourth-order valence-electron chi connectivity index (χ4n) is 3.47. The molecule has 0 saturated carbocycles. The number of aromatic nitrogens is 2. The van der Waals surface area contributed by atoms with E-state index in [1.807, 2.05) is 48.5 Å². The number of allylic oxidation sites excluding steroid dienone is 1. The Bertz CT molecular complexity index is 1130. The van der Waals surface area contributed by atoms with Crippen molar-refractivity contribution in [1.29, 1.82) is 10.5 Å². The Morgan fingerprint density at radius 3 is 2.30 bits per heavy atom. The standard InChI is InChI=1S/C27H27ClN4O/c1-2-3-4-5-6-7-16-33-26-14-8-22(9-15-26)27-23(17-21(18-29)19-30)20-32(31-27)25-12-10-24(28)11-13-25/h8-15,17,20H,2-7,16H2,1H3. The van der Waals surface area contributed by atoms with E-state index in [0.29, 0.717) is 22.9 Å². The van der Waals surface area contributed by atoms with E-state index >= 15 is 0 Å². The van der Waals surface area contributed by atoms with Crippen molar-refractivity contribution in [2.45, 2.75) is 45.4 Å². The van der Waals surface area contributed by atoms with Crippen LogP contribution in [0.15, 0.2) is 60.3 Å². The van der Waals surface area contributed by atoms with Gasteiger partial charge in [0.2, 0.25) is 0 Å². The molecule has 0 N–H and O–H groups in total. The predicted molar refractivity (Wildman–Crippen MR) is 132 cm³/mol. The van der Waals surface area contributed by atoms with E-state index in [1.54, 1.807) is 29.1 Å². The van der Waals surface area contributed by atoms with Gasteiger partial charge in [-0.2, -0.15) is 15.6 Å². The number of nitriles is 2. The van der Waals surface area contributed by atoms with Crippen LogP contribution < -0.4 is 4.74 Å². The summed E-state index contributed by atoms with van der Waals surface area (Å²) in [5.41, 5.74) is 3.08. The van der Waals surface area contributed by atoms with Gasteiger partial charge in [0.25, 0.3) is 0 Å². The first kappa shape index (κ1) is 24.1. The Balaban J connectivity index is 1.77. The van der Waals surface area contributed by atoms with Crippen molar-refractivity contribution in [1.82, 2.24) is 9.78 Å². The van der Waals surface area contributed by atoms with Crippen molar-refractivity contribution in [3.05, 3.63) is 70.9 Å². The summed E-state index contributed by atoms with van der Waals surface area (Å²) in [7, 11) is 0. The molecule has 0 saturated heterocycles. The van der Waals surface area contributed by atoms with Gasteiger partial charge < -0.3 is 4.74 Å². The van der Waals surface area contributed by atoms with Crippen molar-refractivity contribution >= 4 is 17.7 Å². The highest BCUT2D eigenvalue weighted by Crippen LogP contribution is 2.28. The minimum atomic E-state index is 0.0193. The molecule has 168 valence electrons. The summed E-state index contributed by atoms with van der Waals surface area (Å²) in [6, 6.07) is 18.9. The Labute approximate surface area is 200 Å². The minimum Gasteiger partial charge on any atom is -0.494 e. The summed E-state index contributed by atoms with van der Waals surface area (Å²) >= 11 is 6.00. The Morgan fingerprint density at radius 2 is 1.64 bits per heavy atom. The first-order valence-electron chi connectivity index (χ1n) is 11.3. The molecule has 0 atom stereocenters. The number of unbranched alkanes of at least 4 members (excludes halogenated alkanes) is 5. The molecule has 0 spiro atoms. The minimum absolute atomic E-state index is 0.0193. The van der Waals surface area contributed by atoms with E-state index in [-0.39, 0.29) is 5.57 Å². The molecule has 6 heteroatoms. The van der Waals surface area contributed by atoms with Gasteiger partial charge in [-0.05, 0) is 61.0 Å². The van der Waals surface area contributed by atoms with E-state index in [0.717, 1.165) is 23.4 Å². The second-order valence-corrected chi connectivity index (χ2v) is 8.21. The van der Waals surface area contributed by atoms with Crippen LogP contribution in [0.2, 0.25) is 5.02 Å². The molecule has 0 unspecified atom stereocenters. The molecule has 0 aliphatic heterocycles. The number of ether oxygens (including phenoxy) is 1. The third kappa shape index (κ3) is 6.97. The predicted octanol–water partition coefficient (Wildman–Crippen LogP) is 7.36. The molecule has 2 aromatic carbocycles. The largest absolute Gasteiger partial charge is 0.494 e. The van der Waals surface area contributed by atoms with Crippen molar-refractivity contribution in [2.24, 2.45) is 0 Å². The first-order chi connectivity index (χ1) is 16.1. The van der Waals surface area contributed by atoms with Crippen molar-refractivity contribution in [3.63, 3.8) is 0 Å². The lowest BCUT2D eigenvalue weighted by atomic mass is 10.1. The molecule has 0 aliphatic rings. The van der Waals surface area contributed by atoms with Gasteiger partial charge in [0, 0.05) is 22.3 Å². The van der Waals surface area contributed by atoms with Crippen LogP contribution in [0.3, 0.4) is 0 Å². The first-order valence-corrected chi connectivity index (χ1v) is 11.6. The Hall–Kier alpha value is -3.54. The van der Waals surface area contributed by atoms with Gasteiger partial charge in [-0.1, -0.05) is 50.6 Å². The van der Waals surface area contributed by atoms with Crippen LogP contribution in [0.25, 0.3) is 23.0 Å². The number of nitrogens with zero attached hydrogens (tertiary/aromatic N) is 4. The highest BCUT2D eigenvalue weighted by molar-refractivity contribution is 6.30. The lowest BCUT2D eigenvalue weighted by Crippen LogP contribution is -1.97. The average molecular weight is 459 g/mol. The summed E-state index contributed by atoms with van der Waals surface area (Å²) in [4.78, 5) is 0. The van der Waals surface area contributed by atoms with Crippen molar-refractivity contribution in [3.8, 4) is 34.8 Å². The summed E-state index contributed by atoms with van der Waals surface area (Å²) in [6.07, 6.45) is 10.7. The zero-order chi connectivity index (χ0) is 23.5. The van der Waals surface area contributed by atoms with Gasteiger partial charge in [0.1, 0.15) is 29.2 Å². The Morgan fingerprint density at radius 1 is 0.970 bits per heavy atom. The normalized spacial score (nSPS) is 10.3. The van der Waals surface area contributed by atoms with Gasteiger partial charge in [0.15, 0.2) is 0 Å². The van der Waals surface area contributed by atoms with E-state index in [2.05, 4.69) is 6.92 Å². The SMILES string of the molecule is CCCCCCCCOc1ccc(-c2nn(-c3ccc(Cl)cc3)cc2C=C(C#N)C#N)cc1. The van der Waals surface area contributed by atoms with Crippen LogP contribution in [0.1, 0.15) is 51.0 Å². The van der Waals surface area contributed by atoms with E-state index < -0.39 is 0 Å². The van der Waals surface area contributed by atoms with Gasteiger partial charge in [0.05, 0.1) is 12.3 Å². The number of benzene rings is 2. The smallest absolute Gasteiger partial charge is 0.130 e. The fraction of sp³-hybridized carbons (Fsp3) is 0.296. The molecule has 5 nitrogen and oxygen atoms in total. The van der Waals surface area contributed by atoms with Crippen LogP contribution in [0, 0.1) is 22.7 Å². The molecule has 3 aromatic rings. The summed E-state index contributed by atoms with van der Waals surface area (Å²) in [5, 5.41) is 23.8. The highest BCUT2D eigenvalue weighted by Gasteiger charge is 2.12. The van der Waals surface area contributed by atoms with Crippen molar-refractivity contribution in [2.75, 3.05) is 6.61 Å². The molecule has 1 aromatic heterocycles. The number of hydrogen-bond acceptors (Lipinski definition) is 4. The zero-order valence-electron chi connectivity index (χ0n) is 18.8. The molecular formula is C27H27ClN4O. The van der Waals surface area contributed by atoms with Crippen LogP contribution in [-0.2, 0) is 0 Å². The summed E-state index contributed by atoms with van der Waals surface area (Å²) in [6.45, 7) is 2.93. The average Bonchev–Trinajstić information content (AvgIpc) is 3.26. The van der Waals surface area contributed by atoms with Crippen LogP contribution in [0.5, 0.6) is 5.75 Å². The maximum absolute atomic E-state index is 9.20. The molecule has 0 radical (unpaired) electrons. The Kier molecular flexibility index (Phi) is 9.12. The van der Waals surface area contributed by atoms with Gasteiger partial charge >= 0.3 is 0 Å². The second-order valence-electron chi connectivity index (χ2n) is 7.78. The van der Waals surface area contributed by atoms with Crippen LogP contribution in [-0.4, -0.2) is 16.4 Å². The van der Waals surface area contributed by atoms with E-state index in [4.69, 9.17) is 21.4 Å². The van der Waals surface area contributed by atoms with Crippen LogP contribution in [0.4, 0.5) is 0 Å². The third-order valence-electron chi connectivity index (χ3n) is 5.27. The monoisotopic (exact) mass is 458 g/mol. The fourth-order valence-corrected chi connectivity index (χ4v) is 3.60. The van der Waals surface area contributed by atoms with E-state index in [9.17, 15) is 10.5 Å². The quantitative estimate of drug-likeness (QED) is 0.222. The molecule has 33 heavy (non-hydrogen) atoms. The van der Waals surface area contributed by atoms with Crippen molar-refractivity contribution < 1.29 is 4.74 Å². The molecule has 0 aliphatic carbocycles. The van der Waals surface area contributed by atoms with Gasteiger partial charge in [-0.15, -0.1) is 0 Å². The molecule has 0 bridgehead atoms. The summed E-state index contributed by atoms with van der Waals surface area (Å²) in [5.74, 6) is 0.816. The maximum atomic E-state index is 9.20. The van der Waals surface area contributed by atoms with Gasteiger partial charge in [-0.25, -0.2) is 4.68 Å².